The molecule has 1 fully saturated rings. The molecule has 3 heterocycles. The zero-order valence-electron chi connectivity index (χ0n) is 18.1. The van der Waals surface area contributed by atoms with Crippen LogP contribution in [0.2, 0.25) is 0 Å². The van der Waals surface area contributed by atoms with E-state index in [-0.39, 0.29) is 12.5 Å². The molecule has 0 spiro atoms. The van der Waals surface area contributed by atoms with E-state index in [1.165, 1.54) is 17.5 Å². The second-order valence-corrected chi connectivity index (χ2v) is 8.87. The molecule has 4 rings (SSSR count). The largest absolute Gasteiger partial charge is 0.387 e. The molecule has 2 aromatic rings. The number of amides is 1. The first-order chi connectivity index (χ1) is 15.0. The fourth-order valence-corrected chi connectivity index (χ4v) is 4.32. The molecule has 4 N–H and O–H groups in total. The minimum absolute atomic E-state index is 0.158. The summed E-state index contributed by atoms with van der Waals surface area (Å²) in [4.78, 5) is 23.2. The lowest BCUT2D eigenvalue weighted by molar-refractivity contribution is 0.0159. The van der Waals surface area contributed by atoms with Crippen molar-refractivity contribution in [1.29, 1.82) is 0 Å². The van der Waals surface area contributed by atoms with E-state index in [9.17, 15) is 9.90 Å². The van der Waals surface area contributed by atoms with Crippen molar-refractivity contribution >= 4 is 11.7 Å². The van der Waals surface area contributed by atoms with E-state index in [2.05, 4.69) is 55.1 Å². The third-order valence-corrected chi connectivity index (χ3v) is 5.99. The predicted molar refractivity (Wildman–Crippen MR) is 120 cm³/mol. The van der Waals surface area contributed by atoms with Crippen LogP contribution in [0.4, 0.5) is 5.82 Å². The van der Waals surface area contributed by atoms with E-state index in [4.69, 9.17) is 0 Å². The van der Waals surface area contributed by atoms with E-state index in [1.54, 1.807) is 13.0 Å². The van der Waals surface area contributed by atoms with Gasteiger partial charge >= 0.3 is 0 Å². The summed E-state index contributed by atoms with van der Waals surface area (Å²) in [7, 11) is 0. The van der Waals surface area contributed by atoms with Crippen LogP contribution in [0.15, 0.2) is 36.7 Å². The number of aromatic nitrogens is 2. The van der Waals surface area contributed by atoms with Gasteiger partial charge in [0.05, 0.1) is 5.60 Å². The smallest absolute Gasteiger partial charge is 0.270 e. The third kappa shape index (κ3) is 6.00. The van der Waals surface area contributed by atoms with Gasteiger partial charge in [0.1, 0.15) is 17.8 Å². The van der Waals surface area contributed by atoms with Gasteiger partial charge in [0.2, 0.25) is 0 Å². The Hall–Kier alpha value is -2.55. The number of β-amino-alcohol motifs (C(OH)–C–C–N with tert-alkyl or cyclic N) is 1. The highest BCUT2D eigenvalue weighted by molar-refractivity contribution is 5.92. The van der Waals surface area contributed by atoms with Crippen LogP contribution in [0, 0.1) is 0 Å². The minimum Gasteiger partial charge on any atom is -0.387 e. The van der Waals surface area contributed by atoms with Crippen LogP contribution in [-0.2, 0) is 13.0 Å². The lowest BCUT2D eigenvalue weighted by Crippen LogP contribution is -2.49. The molecule has 8 nitrogen and oxygen atoms in total. The molecule has 1 saturated heterocycles. The standard InChI is InChI=1S/C23H32N6O2/c1-23(31,15-29-11-8-17-4-2-3-5-18(17)13-29)14-25-22(30)20-12-21(27-16-26-20)28-19-6-9-24-10-7-19/h2-5,12,16,19,24,31H,6-11,13-15H2,1H3,(H,25,30)(H,26,27,28). The number of carbonyl (C=O) groups is 1. The molecule has 1 aromatic carbocycles. The summed E-state index contributed by atoms with van der Waals surface area (Å²) in [5.41, 5.74) is 1.95. The van der Waals surface area contributed by atoms with Crippen molar-refractivity contribution < 1.29 is 9.90 Å². The molecule has 166 valence electrons. The molecular formula is C23H32N6O2. The van der Waals surface area contributed by atoms with Crippen LogP contribution in [0.5, 0.6) is 0 Å². The van der Waals surface area contributed by atoms with Crippen molar-refractivity contribution in [3.8, 4) is 0 Å². The topological polar surface area (TPSA) is 102 Å². The number of anilines is 1. The first kappa shape index (κ1) is 21.7. The summed E-state index contributed by atoms with van der Waals surface area (Å²) < 4.78 is 0. The van der Waals surface area contributed by atoms with Crippen molar-refractivity contribution in [3.05, 3.63) is 53.5 Å². The second-order valence-electron chi connectivity index (χ2n) is 8.87. The number of hydrogen-bond donors (Lipinski definition) is 4. The van der Waals surface area contributed by atoms with Gasteiger partial charge in [0.25, 0.3) is 5.91 Å². The fourth-order valence-electron chi connectivity index (χ4n) is 4.32. The number of aliphatic hydroxyl groups is 1. The Kier molecular flexibility index (Phi) is 6.80. The maximum absolute atomic E-state index is 12.6. The number of nitrogens with one attached hydrogen (secondary N) is 3. The lowest BCUT2D eigenvalue weighted by Gasteiger charge is -2.34. The van der Waals surface area contributed by atoms with Crippen LogP contribution >= 0.6 is 0 Å². The van der Waals surface area contributed by atoms with Crippen molar-refractivity contribution in [2.75, 3.05) is 38.0 Å². The summed E-state index contributed by atoms with van der Waals surface area (Å²) >= 11 is 0. The van der Waals surface area contributed by atoms with Gasteiger partial charge in [-0.15, -0.1) is 0 Å². The number of hydrogen-bond acceptors (Lipinski definition) is 7. The number of fused-ring (bicyclic) bond motifs is 1. The first-order valence-corrected chi connectivity index (χ1v) is 11.1. The second kappa shape index (κ2) is 9.72. The van der Waals surface area contributed by atoms with Gasteiger partial charge in [0.15, 0.2) is 0 Å². The lowest BCUT2D eigenvalue weighted by atomic mass is 9.98. The van der Waals surface area contributed by atoms with Gasteiger partial charge in [0, 0.05) is 38.3 Å². The Morgan fingerprint density at radius 1 is 1.26 bits per heavy atom. The molecular weight excluding hydrogens is 392 g/mol. The highest BCUT2D eigenvalue weighted by Gasteiger charge is 2.27. The summed E-state index contributed by atoms with van der Waals surface area (Å²) in [6.07, 6.45) is 4.43. The van der Waals surface area contributed by atoms with Crippen molar-refractivity contribution in [2.45, 2.75) is 44.4 Å². The molecule has 1 atom stereocenters. The molecule has 8 heteroatoms. The first-order valence-electron chi connectivity index (χ1n) is 11.1. The molecule has 0 saturated carbocycles. The Morgan fingerprint density at radius 2 is 2.03 bits per heavy atom. The van der Waals surface area contributed by atoms with Gasteiger partial charge in [-0.2, -0.15) is 0 Å². The van der Waals surface area contributed by atoms with Crippen LogP contribution in [0.1, 0.15) is 41.4 Å². The average Bonchev–Trinajstić information content (AvgIpc) is 2.78. The number of rotatable bonds is 7. The van der Waals surface area contributed by atoms with Crippen LogP contribution in [0.3, 0.4) is 0 Å². The molecule has 1 aromatic heterocycles. The van der Waals surface area contributed by atoms with Gasteiger partial charge in [-0.1, -0.05) is 24.3 Å². The molecule has 1 amide bonds. The Balaban J connectivity index is 1.29. The van der Waals surface area contributed by atoms with Crippen LogP contribution in [-0.4, -0.2) is 70.2 Å². The van der Waals surface area contributed by atoms with E-state index >= 15 is 0 Å². The van der Waals surface area contributed by atoms with Gasteiger partial charge in [-0.3, -0.25) is 9.69 Å². The number of carbonyl (C=O) groups excluding carboxylic acids is 1. The summed E-state index contributed by atoms with van der Waals surface area (Å²) in [6.45, 7) is 6.09. The average molecular weight is 425 g/mol. The molecule has 1 unspecified atom stereocenters. The fraction of sp³-hybridized carbons (Fsp3) is 0.522. The third-order valence-electron chi connectivity index (χ3n) is 5.99. The van der Waals surface area contributed by atoms with Crippen LogP contribution < -0.4 is 16.0 Å². The Morgan fingerprint density at radius 3 is 2.84 bits per heavy atom. The van der Waals surface area contributed by atoms with Gasteiger partial charge < -0.3 is 21.1 Å². The number of nitrogens with zero attached hydrogens (tertiary/aromatic N) is 3. The highest BCUT2D eigenvalue weighted by Crippen LogP contribution is 2.20. The zero-order chi connectivity index (χ0) is 21.7. The predicted octanol–water partition coefficient (Wildman–Crippen LogP) is 1.18. The quantitative estimate of drug-likeness (QED) is 0.529. The van der Waals surface area contributed by atoms with Gasteiger partial charge in [-0.25, -0.2) is 9.97 Å². The summed E-state index contributed by atoms with van der Waals surface area (Å²) in [5, 5.41) is 20.4. The molecule has 31 heavy (non-hydrogen) atoms. The SMILES string of the molecule is CC(O)(CNC(=O)c1cc(NC2CCNCC2)ncn1)CN1CCc2ccccc2C1. The van der Waals surface area contributed by atoms with E-state index in [0.29, 0.717) is 24.1 Å². The van der Waals surface area contributed by atoms with Crippen LogP contribution in [0.25, 0.3) is 0 Å². The molecule has 2 aliphatic heterocycles. The molecule has 2 aliphatic rings. The highest BCUT2D eigenvalue weighted by atomic mass is 16.3. The van der Waals surface area contributed by atoms with Crippen molar-refractivity contribution in [1.82, 2.24) is 25.5 Å². The zero-order valence-corrected chi connectivity index (χ0v) is 18.1. The number of piperidine rings is 1. The van der Waals surface area contributed by atoms with Crippen molar-refractivity contribution in [2.24, 2.45) is 0 Å². The summed E-state index contributed by atoms with van der Waals surface area (Å²) in [5.74, 6) is 0.353. The molecule has 0 radical (unpaired) electrons. The Labute approximate surface area is 183 Å². The van der Waals surface area contributed by atoms with E-state index in [1.807, 2.05) is 0 Å². The van der Waals surface area contributed by atoms with E-state index in [0.717, 1.165) is 45.4 Å². The maximum atomic E-state index is 12.6. The van der Waals surface area contributed by atoms with Gasteiger partial charge in [-0.05, 0) is 50.4 Å². The molecule has 0 aliphatic carbocycles. The normalized spacial score (nSPS) is 19.3. The monoisotopic (exact) mass is 424 g/mol. The van der Waals surface area contributed by atoms with Crippen molar-refractivity contribution in [3.63, 3.8) is 0 Å². The Bertz CT molecular complexity index is 897. The van der Waals surface area contributed by atoms with E-state index < -0.39 is 5.60 Å². The number of benzene rings is 1. The molecule has 0 bridgehead atoms. The maximum Gasteiger partial charge on any atom is 0.270 e. The summed E-state index contributed by atoms with van der Waals surface area (Å²) in [6, 6.07) is 10.5. The minimum atomic E-state index is -1.04.